The maximum Gasteiger partial charge on any atom is 0.219 e. The van der Waals surface area contributed by atoms with Crippen LogP contribution in [0.25, 0.3) is 0 Å². The fourth-order valence-electron chi connectivity index (χ4n) is 2.76. The average Bonchev–Trinajstić information content (AvgIpc) is 2.40. The number of carbonyl (C=O) groups excluding carboxylic acids is 1. The lowest BCUT2D eigenvalue weighted by Crippen LogP contribution is -2.50. The molecule has 0 aliphatic carbocycles. The van der Waals surface area contributed by atoms with Crippen LogP contribution in [0.1, 0.15) is 31.7 Å². The van der Waals surface area contributed by atoms with Crippen LogP contribution in [0.5, 0.6) is 0 Å². The molecule has 2 rings (SSSR count). The molecule has 18 heavy (non-hydrogen) atoms. The van der Waals surface area contributed by atoms with E-state index in [0.717, 1.165) is 26.1 Å². The summed E-state index contributed by atoms with van der Waals surface area (Å²) < 4.78 is 0. The van der Waals surface area contributed by atoms with Gasteiger partial charge in [0.15, 0.2) is 0 Å². The van der Waals surface area contributed by atoms with E-state index in [1.165, 1.54) is 5.56 Å². The lowest BCUT2D eigenvalue weighted by atomic mass is 9.88. The lowest BCUT2D eigenvalue weighted by Gasteiger charge is -2.38. The molecule has 2 atom stereocenters. The minimum Gasteiger partial charge on any atom is -0.341 e. The molecule has 1 aromatic carbocycles. The van der Waals surface area contributed by atoms with Crippen molar-refractivity contribution in [2.24, 2.45) is 0 Å². The van der Waals surface area contributed by atoms with Gasteiger partial charge in [-0.25, -0.2) is 0 Å². The Balaban J connectivity index is 2.12. The molecule has 3 heteroatoms. The highest BCUT2D eigenvalue weighted by Crippen LogP contribution is 2.26. The minimum absolute atomic E-state index is 0.179. The Morgan fingerprint density at radius 3 is 2.67 bits per heavy atom. The van der Waals surface area contributed by atoms with Gasteiger partial charge in [0.1, 0.15) is 0 Å². The molecule has 0 saturated carbocycles. The minimum atomic E-state index is 0.179. The highest BCUT2D eigenvalue weighted by atomic mass is 16.2. The normalized spacial score (nSPS) is 24.0. The van der Waals surface area contributed by atoms with E-state index in [-0.39, 0.29) is 5.91 Å². The topological polar surface area (TPSA) is 32.3 Å². The van der Waals surface area contributed by atoms with Gasteiger partial charge in [-0.1, -0.05) is 37.3 Å². The molecule has 1 amide bonds. The molecular formula is C15H22N2O. The van der Waals surface area contributed by atoms with Gasteiger partial charge in [0, 0.05) is 32.0 Å². The molecule has 1 N–H and O–H groups in total. The summed E-state index contributed by atoms with van der Waals surface area (Å²) >= 11 is 0. The molecule has 1 aliphatic rings. The highest BCUT2D eigenvalue weighted by Gasteiger charge is 2.28. The zero-order valence-electron chi connectivity index (χ0n) is 11.2. The number of amides is 1. The summed E-state index contributed by atoms with van der Waals surface area (Å²) in [5, 5.41) is 3.48. The first kappa shape index (κ1) is 13.1. The Morgan fingerprint density at radius 1 is 1.33 bits per heavy atom. The molecule has 0 spiro atoms. The van der Waals surface area contributed by atoms with Crippen molar-refractivity contribution in [3.8, 4) is 0 Å². The largest absolute Gasteiger partial charge is 0.341 e. The predicted octanol–water partition coefficient (Wildman–Crippen LogP) is 2.00. The van der Waals surface area contributed by atoms with E-state index in [2.05, 4.69) is 36.5 Å². The van der Waals surface area contributed by atoms with Gasteiger partial charge in [-0.15, -0.1) is 0 Å². The zero-order chi connectivity index (χ0) is 13.0. The highest BCUT2D eigenvalue weighted by molar-refractivity contribution is 5.73. The van der Waals surface area contributed by atoms with Gasteiger partial charge in [0.25, 0.3) is 0 Å². The zero-order valence-corrected chi connectivity index (χ0v) is 11.2. The average molecular weight is 246 g/mol. The molecule has 1 fully saturated rings. The second-order valence-corrected chi connectivity index (χ2v) is 5.02. The summed E-state index contributed by atoms with van der Waals surface area (Å²) in [6, 6.07) is 10.9. The number of hydrogen-bond acceptors (Lipinski definition) is 2. The van der Waals surface area contributed by atoms with Crippen LogP contribution in [0.3, 0.4) is 0 Å². The van der Waals surface area contributed by atoms with Crippen molar-refractivity contribution in [2.45, 2.75) is 32.2 Å². The second-order valence-electron chi connectivity index (χ2n) is 5.02. The number of nitrogens with one attached hydrogen (secondary N) is 1. The van der Waals surface area contributed by atoms with Gasteiger partial charge in [0.2, 0.25) is 5.91 Å². The van der Waals surface area contributed by atoms with Crippen molar-refractivity contribution in [2.75, 3.05) is 19.6 Å². The Kier molecular flexibility index (Phi) is 4.37. The molecule has 0 aromatic heterocycles. The van der Waals surface area contributed by atoms with Crippen LogP contribution in [-0.2, 0) is 4.79 Å². The Hall–Kier alpha value is -1.35. The first-order valence-electron chi connectivity index (χ1n) is 6.74. The molecule has 0 bridgehead atoms. The molecule has 1 heterocycles. The van der Waals surface area contributed by atoms with Crippen molar-refractivity contribution in [3.63, 3.8) is 0 Å². The quantitative estimate of drug-likeness (QED) is 0.884. The summed E-state index contributed by atoms with van der Waals surface area (Å²) in [6.07, 6.45) is 1.11. The van der Waals surface area contributed by atoms with Gasteiger partial charge in [-0.05, 0) is 18.5 Å². The van der Waals surface area contributed by atoms with Crippen LogP contribution < -0.4 is 5.32 Å². The van der Waals surface area contributed by atoms with E-state index in [4.69, 9.17) is 0 Å². The summed E-state index contributed by atoms with van der Waals surface area (Å²) in [5.41, 5.74) is 1.34. The standard InChI is InChI=1S/C15H22N2O/c1-3-16-15-9-14(10-17(11-15)12(2)18)13-7-5-4-6-8-13/h4-8,14-16H,3,9-11H2,1-2H3. The molecule has 2 unspecified atom stereocenters. The second kappa shape index (κ2) is 6.01. The van der Waals surface area contributed by atoms with Crippen LogP contribution in [0, 0.1) is 0 Å². The van der Waals surface area contributed by atoms with Gasteiger partial charge in [-0.2, -0.15) is 0 Å². The third kappa shape index (κ3) is 3.10. The Bertz CT molecular complexity index is 391. The summed E-state index contributed by atoms with van der Waals surface area (Å²) in [7, 11) is 0. The molecule has 3 nitrogen and oxygen atoms in total. The molecule has 1 aliphatic heterocycles. The first-order valence-corrected chi connectivity index (χ1v) is 6.74. The maximum atomic E-state index is 11.6. The smallest absolute Gasteiger partial charge is 0.219 e. The molecule has 98 valence electrons. The number of rotatable bonds is 3. The van der Waals surface area contributed by atoms with Gasteiger partial charge in [0.05, 0.1) is 0 Å². The van der Waals surface area contributed by atoms with E-state index in [1.54, 1.807) is 6.92 Å². The SMILES string of the molecule is CCNC1CC(c2ccccc2)CN(C(C)=O)C1. The number of likely N-dealkylation sites (N-methyl/N-ethyl adjacent to an activating group) is 1. The van der Waals surface area contributed by atoms with Crippen molar-refractivity contribution < 1.29 is 4.79 Å². The number of likely N-dealkylation sites (tertiary alicyclic amines) is 1. The third-order valence-corrected chi connectivity index (χ3v) is 3.66. The van der Waals surface area contributed by atoms with E-state index in [9.17, 15) is 4.79 Å². The van der Waals surface area contributed by atoms with Gasteiger partial charge >= 0.3 is 0 Å². The number of piperidine rings is 1. The maximum absolute atomic E-state index is 11.6. The van der Waals surface area contributed by atoms with Crippen LogP contribution >= 0.6 is 0 Å². The summed E-state index contributed by atoms with van der Waals surface area (Å²) in [5.74, 6) is 0.631. The van der Waals surface area contributed by atoms with E-state index >= 15 is 0 Å². The number of nitrogens with zero attached hydrogens (tertiary/aromatic N) is 1. The van der Waals surface area contributed by atoms with Crippen molar-refractivity contribution in [1.29, 1.82) is 0 Å². The van der Waals surface area contributed by atoms with Crippen molar-refractivity contribution in [1.82, 2.24) is 10.2 Å². The van der Waals surface area contributed by atoms with Crippen LogP contribution in [-0.4, -0.2) is 36.5 Å². The van der Waals surface area contributed by atoms with E-state index in [0.29, 0.717) is 12.0 Å². The molecule has 1 saturated heterocycles. The van der Waals surface area contributed by atoms with Crippen LogP contribution in [0.15, 0.2) is 30.3 Å². The molecular weight excluding hydrogens is 224 g/mol. The lowest BCUT2D eigenvalue weighted by molar-refractivity contribution is -0.130. The predicted molar refractivity (Wildman–Crippen MR) is 73.5 cm³/mol. The third-order valence-electron chi connectivity index (χ3n) is 3.66. The van der Waals surface area contributed by atoms with E-state index in [1.807, 2.05) is 11.0 Å². The monoisotopic (exact) mass is 246 g/mol. The summed E-state index contributed by atoms with van der Waals surface area (Å²) in [4.78, 5) is 13.6. The first-order chi connectivity index (χ1) is 8.70. The van der Waals surface area contributed by atoms with Crippen molar-refractivity contribution in [3.05, 3.63) is 35.9 Å². The van der Waals surface area contributed by atoms with Gasteiger partial charge in [-0.3, -0.25) is 4.79 Å². The van der Waals surface area contributed by atoms with E-state index < -0.39 is 0 Å². The fraction of sp³-hybridized carbons (Fsp3) is 0.533. The van der Waals surface area contributed by atoms with Crippen LogP contribution in [0.2, 0.25) is 0 Å². The van der Waals surface area contributed by atoms with Crippen LogP contribution in [0.4, 0.5) is 0 Å². The Morgan fingerprint density at radius 2 is 2.06 bits per heavy atom. The fourth-order valence-corrected chi connectivity index (χ4v) is 2.76. The summed E-state index contributed by atoms with van der Waals surface area (Å²) in [6.45, 7) is 6.42. The Labute approximate surface area is 109 Å². The number of carbonyl (C=O) groups is 1. The molecule has 1 aromatic rings. The van der Waals surface area contributed by atoms with Gasteiger partial charge < -0.3 is 10.2 Å². The molecule has 0 radical (unpaired) electrons. The van der Waals surface area contributed by atoms with Crippen molar-refractivity contribution >= 4 is 5.91 Å². The number of benzene rings is 1. The number of hydrogen-bond donors (Lipinski definition) is 1.